The SMILES string of the molecule is CC1(C)CCCc2ccc3c(O)cccc3c21. The van der Waals surface area contributed by atoms with Crippen LogP contribution in [0.15, 0.2) is 30.3 Å². The van der Waals surface area contributed by atoms with E-state index in [0.717, 1.165) is 5.39 Å². The topological polar surface area (TPSA) is 20.2 Å². The quantitative estimate of drug-likeness (QED) is 0.715. The Bertz CT molecular complexity index is 581. The maximum Gasteiger partial charge on any atom is 0.123 e. The van der Waals surface area contributed by atoms with Crippen molar-refractivity contribution in [2.45, 2.75) is 38.5 Å². The molecule has 0 spiro atoms. The molecular weight excluding hydrogens is 208 g/mol. The maximum atomic E-state index is 9.94. The standard InChI is InChI=1S/C16H18O/c1-16(2)10-4-5-11-8-9-12-13(15(11)16)6-3-7-14(12)17/h3,6-9,17H,4-5,10H2,1-2H3. The van der Waals surface area contributed by atoms with Crippen LogP contribution < -0.4 is 0 Å². The Kier molecular flexibility index (Phi) is 2.19. The molecule has 0 aromatic heterocycles. The smallest absolute Gasteiger partial charge is 0.123 e. The Balaban J connectivity index is 2.42. The number of fused-ring (bicyclic) bond motifs is 3. The van der Waals surface area contributed by atoms with Crippen molar-refractivity contribution in [3.63, 3.8) is 0 Å². The molecule has 0 aliphatic heterocycles. The number of hydrogen-bond acceptors (Lipinski definition) is 1. The summed E-state index contributed by atoms with van der Waals surface area (Å²) in [4.78, 5) is 0. The molecule has 0 atom stereocenters. The molecule has 0 heterocycles. The van der Waals surface area contributed by atoms with Crippen LogP contribution in [-0.2, 0) is 11.8 Å². The molecule has 1 nitrogen and oxygen atoms in total. The minimum atomic E-state index is 0.223. The van der Waals surface area contributed by atoms with Crippen LogP contribution in [0.4, 0.5) is 0 Å². The van der Waals surface area contributed by atoms with E-state index in [1.54, 1.807) is 6.07 Å². The maximum absolute atomic E-state index is 9.94. The molecule has 2 aromatic carbocycles. The Morgan fingerprint density at radius 1 is 1.06 bits per heavy atom. The minimum absolute atomic E-state index is 0.223. The van der Waals surface area contributed by atoms with Gasteiger partial charge in [-0.3, -0.25) is 0 Å². The molecule has 2 aromatic rings. The zero-order valence-corrected chi connectivity index (χ0v) is 10.5. The second kappa shape index (κ2) is 3.49. The molecule has 0 saturated carbocycles. The number of benzene rings is 2. The summed E-state index contributed by atoms with van der Waals surface area (Å²) in [6.07, 6.45) is 3.67. The highest BCUT2D eigenvalue weighted by molar-refractivity contribution is 5.92. The van der Waals surface area contributed by atoms with Gasteiger partial charge in [0, 0.05) is 5.39 Å². The summed E-state index contributed by atoms with van der Waals surface area (Å²) in [6.45, 7) is 4.63. The molecule has 1 aliphatic rings. The molecule has 0 fully saturated rings. The van der Waals surface area contributed by atoms with Crippen molar-refractivity contribution < 1.29 is 5.11 Å². The average Bonchev–Trinajstić information content (AvgIpc) is 2.28. The van der Waals surface area contributed by atoms with Crippen LogP contribution in [0.25, 0.3) is 10.8 Å². The van der Waals surface area contributed by atoms with Crippen LogP contribution in [0.1, 0.15) is 37.8 Å². The number of hydrogen-bond donors (Lipinski definition) is 1. The molecule has 1 aliphatic carbocycles. The highest BCUT2D eigenvalue weighted by Gasteiger charge is 2.29. The van der Waals surface area contributed by atoms with E-state index < -0.39 is 0 Å². The van der Waals surface area contributed by atoms with Gasteiger partial charge in [0.2, 0.25) is 0 Å². The molecule has 1 heteroatoms. The van der Waals surface area contributed by atoms with Crippen molar-refractivity contribution >= 4 is 10.8 Å². The van der Waals surface area contributed by atoms with E-state index >= 15 is 0 Å². The summed E-state index contributed by atoms with van der Waals surface area (Å²) in [5, 5.41) is 12.2. The molecule has 88 valence electrons. The zero-order valence-electron chi connectivity index (χ0n) is 10.5. The van der Waals surface area contributed by atoms with Gasteiger partial charge in [0.05, 0.1) is 0 Å². The zero-order chi connectivity index (χ0) is 12.0. The van der Waals surface area contributed by atoms with Gasteiger partial charge in [0.15, 0.2) is 0 Å². The van der Waals surface area contributed by atoms with Gasteiger partial charge >= 0.3 is 0 Å². The monoisotopic (exact) mass is 226 g/mol. The molecule has 0 amide bonds. The van der Waals surface area contributed by atoms with Crippen molar-refractivity contribution in [1.82, 2.24) is 0 Å². The molecule has 3 rings (SSSR count). The highest BCUT2D eigenvalue weighted by atomic mass is 16.3. The predicted molar refractivity (Wildman–Crippen MR) is 71.6 cm³/mol. The Morgan fingerprint density at radius 2 is 1.88 bits per heavy atom. The number of phenols is 1. The van der Waals surface area contributed by atoms with Gasteiger partial charge in [-0.25, -0.2) is 0 Å². The van der Waals surface area contributed by atoms with Gasteiger partial charge in [-0.1, -0.05) is 38.1 Å². The number of aryl methyl sites for hydroxylation is 1. The van der Waals surface area contributed by atoms with Gasteiger partial charge in [-0.2, -0.15) is 0 Å². The fourth-order valence-electron chi connectivity index (χ4n) is 3.24. The molecule has 1 N–H and O–H groups in total. The first kappa shape index (κ1) is 10.6. The Morgan fingerprint density at radius 3 is 2.71 bits per heavy atom. The second-order valence-corrected chi connectivity index (χ2v) is 5.71. The lowest BCUT2D eigenvalue weighted by Gasteiger charge is -2.34. The van der Waals surface area contributed by atoms with Gasteiger partial charge < -0.3 is 5.11 Å². The summed E-state index contributed by atoms with van der Waals surface area (Å²) in [7, 11) is 0. The van der Waals surface area contributed by atoms with E-state index in [9.17, 15) is 5.11 Å². The second-order valence-electron chi connectivity index (χ2n) is 5.71. The Labute approximate surface area is 102 Å². The predicted octanol–water partition coefficient (Wildman–Crippen LogP) is 4.16. The number of phenolic OH excluding ortho intramolecular Hbond substituents is 1. The van der Waals surface area contributed by atoms with Gasteiger partial charge in [0.1, 0.15) is 5.75 Å². The van der Waals surface area contributed by atoms with Gasteiger partial charge in [0.25, 0.3) is 0 Å². The summed E-state index contributed by atoms with van der Waals surface area (Å²) in [6, 6.07) is 10.1. The fraction of sp³-hybridized carbons (Fsp3) is 0.375. The van der Waals surface area contributed by atoms with E-state index in [2.05, 4.69) is 32.0 Å². The molecule has 0 unspecified atom stereocenters. The first-order chi connectivity index (χ1) is 8.09. The van der Waals surface area contributed by atoms with Crippen molar-refractivity contribution in [2.75, 3.05) is 0 Å². The van der Waals surface area contributed by atoms with Crippen LogP contribution in [0.5, 0.6) is 5.75 Å². The van der Waals surface area contributed by atoms with Crippen molar-refractivity contribution in [3.05, 3.63) is 41.5 Å². The van der Waals surface area contributed by atoms with Crippen LogP contribution in [0.2, 0.25) is 0 Å². The van der Waals surface area contributed by atoms with Crippen molar-refractivity contribution in [2.24, 2.45) is 0 Å². The summed E-state index contributed by atoms with van der Waals surface area (Å²) in [5.41, 5.74) is 3.12. The van der Waals surface area contributed by atoms with Crippen molar-refractivity contribution in [3.8, 4) is 5.75 Å². The molecular formula is C16H18O. The third-order valence-corrected chi connectivity index (χ3v) is 4.05. The normalized spacial score (nSPS) is 18.0. The summed E-state index contributed by atoms with van der Waals surface area (Å²) < 4.78 is 0. The summed E-state index contributed by atoms with van der Waals surface area (Å²) >= 11 is 0. The average molecular weight is 226 g/mol. The van der Waals surface area contributed by atoms with Gasteiger partial charge in [-0.05, 0) is 47.3 Å². The minimum Gasteiger partial charge on any atom is -0.507 e. The fourth-order valence-corrected chi connectivity index (χ4v) is 3.24. The van der Waals surface area contributed by atoms with E-state index in [1.165, 1.54) is 35.8 Å². The first-order valence-corrected chi connectivity index (χ1v) is 6.34. The molecule has 0 radical (unpaired) electrons. The van der Waals surface area contributed by atoms with Crippen LogP contribution in [-0.4, -0.2) is 5.11 Å². The first-order valence-electron chi connectivity index (χ1n) is 6.34. The summed E-state index contributed by atoms with van der Waals surface area (Å²) in [5.74, 6) is 0.395. The Hall–Kier alpha value is -1.50. The largest absolute Gasteiger partial charge is 0.507 e. The third kappa shape index (κ3) is 1.53. The van der Waals surface area contributed by atoms with E-state index in [4.69, 9.17) is 0 Å². The van der Waals surface area contributed by atoms with Crippen molar-refractivity contribution in [1.29, 1.82) is 0 Å². The lowest BCUT2D eigenvalue weighted by Crippen LogP contribution is -2.24. The molecule has 17 heavy (non-hydrogen) atoms. The van der Waals surface area contributed by atoms with Crippen LogP contribution in [0, 0.1) is 0 Å². The van der Waals surface area contributed by atoms with E-state index in [1.807, 2.05) is 6.07 Å². The van der Waals surface area contributed by atoms with Crippen LogP contribution >= 0.6 is 0 Å². The number of rotatable bonds is 0. The third-order valence-electron chi connectivity index (χ3n) is 4.05. The lowest BCUT2D eigenvalue weighted by atomic mass is 9.71. The highest BCUT2D eigenvalue weighted by Crippen LogP contribution is 2.42. The number of aromatic hydroxyl groups is 1. The molecule has 0 saturated heterocycles. The van der Waals surface area contributed by atoms with Gasteiger partial charge in [-0.15, -0.1) is 0 Å². The lowest BCUT2D eigenvalue weighted by molar-refractivity contribution is 0.435. The van der Waals surface area contributed by atoms with Crippen LogP contribution in [0.3, 0.4) is 0 Å². The molecule has 0 bridgehead atoms. The van der Waals surface area contributed by atoms with E-state index in [-0.39, 0.29) is 5.41 Å². The van der Waals surface area contributed by atoms with E-state index in [0.29, 0.717) is 5.75 Å².